The summed E-state index contributed by atoms with van der Waals surface area (Å²) in [4.78, 5) is 11.3. The number of hydrogen-bond donors (Lipinski definition) is 0. The van der Waals surface area contributed by atoms with E-state index in [2.05, 4.69) is 62.6 Å². The molecule has 0 N–H and O–H groups in total. The first-order valence-electron chi connectivity index (χ1n) is 6.51. The van der Waals surface area contributed by atoms with Crippen molar-refractivity contribution in [3.05, 3.63) is 12.2 Å². The van der Waals surface area contributed by atoms with Gasteiger partial charge in [-0.1, -0.05) is 6.58 Å². The lowest BCUT2D eigenvalue weighted by Gasteiger charge is -2.46. The largest absolute Gasteiger partial charge is 0.462 e. The van der Waals surface area contributed by atoms with Gasteiger partial charge in [0.05, 0.1) is 6.61 Å². The smallest absolute Gasteiger partial charge is 0.333 e. The van der Waals surface area contributed by atoms with Gasteiger partial charge < -0.3 is 18.4 Å². The first kappa shape index (κ1) is 18.3. The minimum Gasteiger partial charge on any atom is -0.462 e. The fraction of sp³-hybridized carbons (Fsp3) is 0.769. The first-order chi connectivity index (χ1) is 8.66. The van der Waals surface area contributed by atoms with Gasteiger partial charge in [0.15, 0.2) is 0 Å². The summed E-state index contributed by atoms with van der Waals surface area (Å²) in [5.74, 6) is -0.299. The lowest BCUT2D eigenvalue weighted by atomic mass is 10.4. The average molecular weight is 287 g/mol. The van der Waals surface area contributed by atoms with Gasteiger partial charge in [-0.05, 0) is 61.7 Å². The Labute approximate surface area is 119 Å². The zero-order valence-corrected chi connectivity index (χ0v) is 14.5. The van der Waals surface area contributed by atoms with Crippen molar-refractivity contribution in [1.82, 2.24) is 13.7 Å². The van der Waals surface area contributed by atoms with E-state index in [-0.39, 0.29) is 5.97 Å². The molecule has 0 radical (unpaired) electrons. The van der Waals surface area contributed by atoms with Crippen LogP contribution in [0.2, 0.25) is 6.04 Å². The topological polar surface area (TPSA) is 36.0 Å². The molecule has 0 heterocycles. The van der Waals surface area contributed by atoms with Gasteiger partial charge in [0.1, 0.15) is 0 Å². The minimum atomic E-state index is -1.84. The van der Waals surface area contributed by atoms with Crippen LogP contribution in [0.25, 0.3) is 0 Å². The third-order valence-corrected chi connectivity index (χ3v) is 8.71. The summed E-state index contributed by atoms with van der Waals surface area (Å²) in [7, 11) is 10.9. The van der Waals surface area contributed by atoms with Crippen LogP contribution in [0.5, 0.6) is 0 Å². The summed E-state index contributed by atoms with van der Waals surface area (Å²) in [6, 6.07) is 1.02. The molecule has 0 spiro atoms. The van der Waals surface area contributed by atoms with Crippen LogP contribution in [0.3, 0.4) is 0 Å². The quantitative estimate of drug-likeness (QED) is 0.289. The molecule has 0 aliphatic heterocycles. The molecular formula is C13H29N3O2Si. The lowest BCUT2D eigenvalue weighted by Crippen LogP contribution is -2.69. The molecule has 0 aliphatic carbocycles. The van der Waals surface area contributed by atoms with Gasteiger partial charge in [-0.3, -0.25) is 0 Å². The maximum Gasteiger partial charge on any atom is 0.333 e. The van der Waals surface area contributed by atoms with Crippen LogP contribution in [0.4, 0.5) is 0 Å². The van der Waals surface area contributed by atoms with E-state index in [1.54, 1.807) is 6.92 Å². The zero-order valence-electron chi connectivity index (χ0n) is 13.5. The molecule has 0 rings (SSSR count). The van der Waals surface area contributed by atoms with Gasteiger partial charge >= 0.3 is 5.97 Å². The SMILES string of the molecule is C=C(C)C(=O)OCCC[Si](N(C)C)(N(C)C)N(C)C. The Balaban J connectivity index is 4.53. The minimum absolute atomic E-state index is 0.299. The van der Waals surface area contributed by atoms with Crippen molar-refractivity contribution in [2.45, 2.75) is 19.4 Å². The van der Waals surface area contributed by atoms with Crippen molar-refractivity contribution in [3.8, 4) is 0 Å². The van der Waals surface area contributed by atoms with E-state index in [4.69, 9.17) is 4.74 Å². The zero-order chi connectivity index (χ0) is 15.2. The number of hydrogen-bond acceptors (Lipinski definition) is 5. The van der Waals surface area contributed by atoms with Crippen molar-refractivity contribution in [2.75, 3.05) is 48.9 Å². The summed E-state index contributed by atoms with van der Waals surface area (Å²) >= 11 is 0. The number of carbonyl (C=O) groups is 1. The number of ether oxygens (including phenoxy) is 1. The molecule has 0 aromatic rings. The van der Waals surface area contributed by atoms with E-state index < -0.39 is 8.56 Å². The van der Waals surface area contributed by atoms with Crippen LogP contribution < -0.4 is 0 Å². The van der Waals surface area contributed by atoms with E-state index in [9.17, 15) is 4.79 Å². The molecule has 19 heavy (non-hydrogen) atoms. The van der Waals surface area contributed by atoms with Crippen LogP contribution in [0.15, 0.2) is 12.2 Å². The fourth-order valence-corrected chi connectivity index (χ4v) is 6.83. The highest BCUT2D eigenvalue weighted by Gasteiger charge is 2.41. The number of nitrogens with zero attached hydrogens (tertiary/aromatic N) is 3. The Hall–Kier alpha value is -0.693. The Kier molecular flexibility index (Phi) is 7.51. The highest BCUT2D eigenvalue weighted by Crippen LogP contribution is 2.20. The van der Waals surface area contributed by atoms with E-state index in [0.29, 0.717) is 12.2 Å². The third kappa shape index (κ3) is 4.72. The maximum absolute atomic E-state index is 11.3. The number of carbonyl (C=O) groups excluding carboxylic acids is 1. The highest BCUT2D eigenvalue weighted by atomic mass is 28.4. The van der Waals surface area contributed by atoms with Crippen molar-refractivity contribution >= 4 is 14.5 Å². The Bertz CT molecular complexity index is 295. The van der Waals surface area contributed by atoms with Crippen LogP contribution in [0.1, 0.15) is 13.3 Å². The second-order valence-electron chi connectivity index (χ2n) is 5.48. The van der Waals surface area contributed by atoms with Crippen LogP contribution in [0, 0.1) is 0 Å². The average Bonchev–Trinajstić information content (AvgIpc) is 2.26. The molecule has 0 saturated heterocycles. The fourth-order valence-electron chi connectivity index (χ4n) is 2.47. The standard InChI is InChI=1S/C13H29N3O2Si/c1-12(2)13(17)18-10-9-11-19(14(3)4,15(5)6)16(7)8/h1,9-11H2,2-8H3. The molecule has 5 nitrogen and oxygen atoms in total. The molecule has 112 valence electrons. The number of rotatable bonds is 8. The van der Waals surface area contributed by atoms with E-state index in [1.807, 2.05) is 0 Å². The molecule has 0 saturated carbocycles. The van der Waals surface area contributed by atoms with Crippen LogP contribution >= 0.6 is 0 Å². The molecule has 6 heteroatoms. The summed E-state index contributed by atoms with van der Waals surface area (Å²) in [5.41, 5.74) is 0.455. The normalized spacial score (nSPS) is 12.3. The Morgan fingerprint density at radius 1 is 1.05 bits per heavy atom. The monoisotopic (exact) mass is 287 g/mol. The molecular weight excluding hydrogens is 258 g/mol. The Morgan fingerprint density at radius 3 is 1.79 bits per heavy atom. The molecule has 0 amide bonds. The Morgan fingerprint density at radius 2 is 1.47 bits per heavy atom. The second kappa shape index (κ2) is 7.79. The summed E-state index contributed by atoms with van der Waals surface area (Å²) in [5, 5.41) is 0. The van der Waals surface area contributed by atoms with Gasteiger partial charge in [0, 0.05) is 5.57 Å². The van der Waals surface area contributed by atoms with Gasteiger partial charge in [-0.25, -0.2) is 4.79 Å². The van der Waals surface area contributed by atoms with Crippen LogP contribution in [-0.2, 0) is 9.53 Å². The van der Waals surface area contributed by atoms with Crippen molar-refractivity contribution < 1.29 is 9.53 Å². The summed E-state index contributed by atoms with van der Waals surface area (Å²) in [6.45, 7) is 5.70. The van der Waals surface area contributed by atoms with Crippen molar-refractivity contribution in [2.24, 2.45) is 0 Å². The number of esters is 1. The summed E-state index contributed by atoms with van der Waals surface area (Å²) in [6.07, 6.45) is 0.861. The maximum atomic E-state index is 11.3. The predicted octanol–water partition coefficient (Wildman–Crippen LogP) is 1.12. The molecule has 0 aliphatic rings. The first-order valence-corrected chi connectivity index (χ1v) is 8.56. The molecule has 0 atom stereocenters. The summed E-state index contributed by atoms with van der Waals surface area (Å²) < 4.78 is 12.1. The highest BCUT2D eigenvalue weighted by molar-refractivity contribution is 6.71. The second-order valence-corrected chi connectivity index (χ2v) is 10.2. The van der Waals surface area contributed by atoms with Crippen molar-refractivity contribution in [1.29, 1.82) is 0 Å². The van der Waals surface area contributed by atoms with Gasteiger partial charge in [0.25, 0.3) is 8.56 Å². The third-order valence-electron chi connectivity index (χ3n) is 3.39. The molecule has 0 fully saturated rings. The van der Waals surface area contributed by atoms with Crippen molar-refractivity contribution in [3.63, 3.8) is 0 Å². The van der Waals surface area contributed by atoms with E-state index in [1.165, 1.54) is 0 Å². The van der Waals surface area contributed by atoms with Gasteiger partial charge in [-0.15, -0.1) is 0 Å². The molecule has 0 aromatic heterocycles. The molecule has 0 aromatic carbocycles. The lowest BCUT2D eigenvalue weighted by molar-refractivity contribution is -0.138. The van der Waals surface area contributed by atoms with Crippen LogP contribution in [-0.4, -0.2) is 77.1 Å². The van der Waals surface area contributed by atoms with E-state index in [0.717, 1.165) is 12.5 Å². The predicted molar refractivity (Wildman–Crippen MR) is 82.0 cm³/mol. The van der Waals surface area contributed by atoms with Gasteiger partial charge in [0.2, 0.25) is 0 Å². The molecule has 0 bridgehead atoms. The van der Waals surface area contributed by atoms with Gasteiger partial charge in [-0.2, -0.15) is 0 Å². The van der Waals surface area contributed by atoms with E-state index >= 15 is 0 Å². The molecule has 0 unspecified atom stereocenters.